The van der Waals surface area contributed by atoms with Crippen molar-refractivity contribution in [1.29, 1.82) is 0 Å². The van der Waals surface area contributed by atoms with Crippen LogP contribution in [0.1, 0.15) is 68.8 Å². The van der Waals surface area contributed by atoms with Gasteiger partial charge in [-0.05, 0) is 31.7 Å². The molecule has 0 aliphatic rings. The molecular formula is C19H24F2O. The van der Waals surface area contributed by atoms with Crippen LogP contribution >= 0.6 is 0 Å². The number of carbonyl (C=O) groups is 1. The van der Waals surface area contributed by atoms with Crippen LogP contribution in [0.15, 0.2) is 42.0 Å². The minimum atomic E-state index is -1.64. The third-order valence-corrected chi connectivity index (χ3v) is 3.56. The van der Waals surface area contributed by atoms with Crippen molar-refractivity contribution in [3.63, 3.8) is 0 Å². The molecular weight excluding hydrogens is 282 g/mol. The number of allylic oxidation sites excluding steroid dienone is 3. The highest BCUT2D eigenvalue weighted by Gasteiger charge is 2.12. The third-order valence-electron chi connectivity index (χ3n) is 3.56. The minimum absolute atomic E-state index is 0.0610. The van der Waals surface area contributed by atoms with Gasteiger partial charge in [-0.3, -0.25) is 4.79 Å². The van der Waals surface area contributed by atoms with Crippen LogP contribution in [0.4, 0.5) is 8.78 Å². The maximum absolute atomic E-state index is 13.4. The van der Waals surface area contributed by atoms with Crippen molar-refractivity contribution in [2.75, 3.05) is 0 Å². The van der Waals surface area contributed by atoms with Crippen LogP contribution in [0.25, 0.3) is 5.57 Å². The molecule has 0 N–H and O–H groups in total. The Labute approximate surface area is 131 Å². The van der Waals surface area contributed by atoms with E-state index in [0.717, 1.165) is 31.3 Å². The van der Waals surface area contributed by atoms with Gasteiger partial charge in [0.1, 0.15) is 0 Å². The summed E-state index contributed by atoms with van der Waals surface area (Å²) in [7, 11) is 0. The van der Waals surface area contributed by atoms with E-state index in [1.54, 1.807) is 24.3 Å². The third kappa shape index (κ3) is 5.55. The maximum atomic E-state index is 13.4. The predicted molar refractivity (Wildman–Crippen MR) is 88.1 cm³/mol. The van der Waals surface area contributed by atoms with Gasteiger partial charge in [-0.1, -0.05) is 62.6 Å². The van der Waals surface area contributed by atoms with Gasteiger partial charge in [0.2, 0.25) is 0 Å². The number of benzene rings is 1. The first-order chi connectivity index (χ1) is 10.5. The summed E-state index contributed by atoms with van der Waals surface area (Å²) >= 11 is 0. The zero-order valence-electron chi connectivity index (χ0n) is 13.6. The standard InChI is InChI=1S/C19H24F2O/c1-4-6-8-15(7-5-2)13-18(19(20)21)17-11-9-16(10-12-17)14(3)22/h8-12H,4-7,13H2,1-3H3/b15-8+. The quantitative estimate of drug-likeness (QED) is 0.400. The first-order valence-electron chi connectivity index (χ1n) is 7.83. The number of Topliss-reactive ketones (excluding diaryl/α,β-unsaturated/α-hetero) is 1. The number of hydrogen-bond donors (Lipinski definition) is 0. The molecule has 120 valence electrons. The molecule has 0 saturated carbocycles. The summed E-state index contributed by atoms with van der Waals surface area (Å²) in [4.78, 5) is 11.3. The maximum Gasteiger partial charge on any atom is 0.274 e. The summed E-state index contributed by atoms with van der Waals surface area (Å²) in [5.41, 5.74) is 2.15. The molecule has 0 spiro atoms. The first-order valence-corrected chi connectivity index (χ1v) is 7.83. The van der Waals surface area contributed by atoms with Crippen LogP contribution in [-0.2, 0) is 0 Å². The van der Waals surface area contributed by atoms with Crippen molar-refractivity contribution < 1.29 is 13.6 Å². The Morgan fingerprint density at radius 3 is 2.09 bits per heavy atom. The number of hydrogen-bond acceptors (Lipinski definition) is 1. The Hall–Kier alpha value is -1.77. The van der Waals surface area contributed by atoms with Crippen molar-refractivity contribution in [2.24, 2.45) is 0 Å². The van der Waals surface area contributed by atoms with E-state index >= 15 is 0 Å². The largest absolute Gasteiger partial charge is 0.295 e. The number of unbranched alkanes of at least 4 members (excludes halogenated alkanes) is 1. The van der Waals surface area contributed by atoms with E-state index < -0.39 is 6.08 Å². The van der Waals surface area contributed by atoms with Gasteiger partial charge < -0.3 is 0 Å². The van der Waals surface area contributed by atoms with Crippen LogP contribution in [0, 0.1) is 0 Å². The van der Waals surface area contributed by atoms with E-state index in [1.807, 2.05) is 0 Å². The lowest BCUT2D eigenvalue weighted by Crippen LogP contribution is -1.95. The summed E-state index contributed by atoms with van der Waals surface area (Å²) in [6.45, 7) is 5.60. The number of carbonyl (C=O) groups excluding carboxylic acids is 1. The second-order valence-corrected chi connectivity index (χ2v) is 5.45. The molecule has 1 nitrogen and oxygen atoms in total. The molecule has 0 heterocycles. The van der Waals surface area contributed by atoms with Crippen molar-refractivity contribution in [1.82, 2.24) is 0 Å². The molecule has 1 rings (SSSR count). The predicted octanol–water partition coefficient (Wildman–Crippen LogP) is 6.41. The highest BCUT2D eigenvalue weighted by molar-refractivity contribution is 5.94. The van der Waals surface area contributed by atoms with Gasteiger partial charge in [-0.2, -0.15) is 8.78 Å². The Kier molecular flexibility index (Phi) is 7.72. The molecule has 22 heavy (non-hydrogen) atoms. The molecule has 0 atom stereocenters. The number of rotatable bonds is 8. The minimum Gasteiger partial charge on any atom is -0.295 e. The van der Waals surface area contributed by atoms with E-state index in [2.05, 4.69) is 19.9 Å². The fraction of sp³-hybridized carbons (Fsp3) is 0.421. The number of halogens is 2. The van der Waals surface area contributed by atoms with Crippen LogP contribution in [0.3, 0.4) is 0 Å². The SMILES string of the molecule is CCC/C=C(\CCC)CC(=C(F)F)c1ccc(C(C)=O)cc1. The molecule has 0 bridgehead atoms. The van der Waals surface area contributed by atoms with Gasteiger partial charge in [0.25, 0.3) is 6.08 Å². The van der Waals surface area contributed by atoms with Gasteiger partial charge in [0.05, 0.1) is 0 Å². The van der Waals surface area contributed by atoms with E-state index in [4.69, 9.17) is 0 Å². The average molecular weight is 306 g/mol. The fourth-order valence-electron chi connectivity index (χ4n) is 2.34. The summed E-state index contributed by atoms with van der Waals surface area (Å²) in [5, 5.41) is 0. The zero-order valence-corrected chi connectivity index (χ0v) is 13.6. The molecule has 0 aromatic heterocycles. The summed E-state index contributed by atoms with van der Waals surface area (Å²) in [5.74, 6) is -0.0627. The fourth-order valence-corrected chi connectivity index (χ4v) is 2.34. The van der Waals surface area contributed by atoms with Gasteiger partial charge in [-0.25, -0.2) is 0 Å². The molecule has 0 unspecified atom stereocenters. The summed E-state index contributed by atoms with van der Waals surface area (Å²) < 4.78 is 26.7. The van der Waals surface area contributed by atoms with Gasteiger partial charge in [-0.15, -0.1) is 0 Å². The highest BCUT2D eigenvalue weighted by atomic mass is 19.3. The lowest BCUT2D eigenvalue weighted by atomic mass is 9.95. The molecule has 0 amide bonds. The summed E-state index contributed by atoms with van der Waals surface area (Å²) in [6, 6.07) is 6.43. The molecule has 0 saturated heterocycles. The van der Waals surface area contributed by atoms with Gasteiger partial charge in [0, 0.05) is 11.1 Å². The molecule has 3 heteroatoms. The zero-order chi connectivity index (χ0) is 16.5. The lowest BCUT2D eigenvalue weighted by molar-refractivity contribution is 0.101. The van der Waals surface area contributed by atoms with Crippen molar-refractivity contribution in [3.8, 4) is 0 Å². The monoisotopic (exact) mass is 306 g/mol. The van der Waals surface area contributed by atoms with E-state index in [1.165, 1.54) is 6.92 Å². The van der Waals surface area contributed by atoms with Gasteiger partial charge in [0.15, 0.2) is 5.78 Å². The van der Waals surface area contributed by atoms with Crippen molar-refractivity contribution >= 4 is 11.4 Å². The Morgan fingerprint density at radius 1 is 1.05 bits per heavy atom. The molecule has 0 aliphatic heterocycles. The van der Waals surface area contributed by atoms with Gasteiger partial charge >= 0.3 is 0 Å². The Balaban J connectivity index is 3.03. The number of ketones is 1. The second-order valence-electron chi connectivity index (χ2n) is 5.45. The smallest absolute Gasteiger partial charge is 0.274 e. The molecule has 0 radical (unpaired) electrons. The van der Waals surface area contributed by atoms with Crippen molar-refractivity contribution in [3.05, 3.63) is 53.1 Å². The van der Waals surface area contributed by atoms with E-state index in [-0.39, 0.29) is 17.8 Å². The topological polar surface area (TPSA) is 17.1 Å². The molecule has 1 aromatic carbocycles. The van der Waals surface area contributed by atoms with Crippen LogP contribution in [0.5, 0.6) is 0 Å². The van der Waals surface area contributed by atoms with E-state index in [9.17, 15) is 13.6 Å². The van der Waals surface area contributed by atoms with Crippen molar-refractivity contribution in [2.45, 2.75) is 52.9 Å². The molecule has 1 aromatic rings. The normalized spacial score (nSPS) is 11.4. The average Bonchev–Trinajstić information content (AvgIpc) is 2.49. The molecule has 0 fully saturated rings. The van der Waals surface area contributed by atoms with Crippen LogP contribution < -0.4 is 0 Å². The van der Waals surface area contributed by atoms with Crippen LogP contribution in [0.2, 0.25) is 0 Å². The summed E-state index contributed by atoms with van der Waals surface area (Å²) in [6.07, 6.45) is 4.42. The molecule has 0 aliphatic carbocycles. The second kappa shape index (κ2) is 9.29. The van der Waals surface area contributed by atoms with E-state index in [0.29, 0.717) is 11.1 Å². The Morgan fingerprint density at radius 2 is 1.64 bits per heavy atom. The highest BCUT2D eigenvalue weighted by Crippen LogP contribution is 2.30. The first kappa shape index (κ1) is 18.3. The Bertz CT molecular complexity index is 549. The van der Waals surface area contributed by atoms with Crippen LogP contribution in [-0.4, -0.2) is 5.78 Å². The lowest BCUT2D eigenvalue weighted by Gasteiger charge is -2.11.